The number of aryl methyl sites for hydroxylation is 1. The summed E-state index contributed by atoms with van der Waals surface area (Å²) < 4.78 is 19.8. The van der Waals surface area contributed by atoms with Gasteiger partial charge in [-0.1, -0.05) is 25.1 Å². The number of halogens is 1. The van der Waals surface area contributed by atoms with Crippen LogP contribution < -0.4 is 15.6 Å². The minimum absolute atomic E-state index is 0.183. The zero-order valence-corrected chi connectivity index (χ0v) is 16.4. The number of unbranched alkanes of at least 4 members (excludes halogenated alkanes) is 1. The number of amides is 1. The summed E-state index contributed by atoms with van der Waals surface area (Å²) in [4.78, 5) is 25.2. The Hall–Kier alpha value is -3.22. The third kappa shape index (κ3) is 5.19. The van der Waals surface area contributed by atoms with Crippen molar-refractivity contribution in [2.45, 2.75) is 32.7 Å². The molecule has 0 radical (unpaired) electrons. The lowest BCUT2D eigenvalue weighted by Gasteiger charge is -2.11. The molecule has 0 atom stereocenters. The maximum absolute atomic E-state index is 12.9. The first-order valence-corrected chi connectivity index (χ1v) is 9.76. The number of fused-ring (bicyclic) bond motifs is 1. The van der Waals surface area contributed by atoms with Gasteiger partial charge in [0.25, 0.3) is 11.5 Å². The third-order valence-electron chi connectivity index (χ3n) is 4.46. The zero-order chi connectivity index (χ0) is 20.6. The van der Waals surface area contributed by atoms with Crippen molar-refractivity contribution in [3.8, 4) is 5.75 Å². The number of benzene rings is 2. The first kappa shape index (κ1) is 20.5. The van der Waals surface area contributed by atoms with Gasteiger partial charge in [0.05, 0.1) is 12.0 Å². The van der Waals surface area contributed by atoms with E-state index in [0.717, 1.165) is 19.3 Å². The van der Waals surface area contributed by atoms with Gasteiger partial charge in [-0.2, -0.15) is 5.10 Å². The number of nitrogens with zero attached hydrogens (tertiary/aromatic N) is 2. The Bertz CT molecular complexity index is 1030. The molecule has 0 aliphatic heterocycles. The lowest BCUT2D eigenvalue weighted by atomic mass is 10.1. The van der Waals surface area contributed by atoms with E-state index in [9.17, 15) is 14.0 Å². The quantitative estimate of drug-likeness (QED) is 0.561. The summed E-state index contributed by atoms with van der Waals surface area (Å²) in [6.07, 6.45) is 2.21. The Kier molecular flexibility index (Phi) is 6.94. The Morgan fingerprint density at radius 3 is 2.55 bits per heavy atom. The molecule has 0 saturated carbocycles. The molecule has 1 amide bonds. The average Bonchev–Trinajstić information content (AvgIpc) is 2.74. The minimum Gasteiger partial charge on any atom is -0.494 e. The van der Waals surface area contributed by atoms with Crippen LogP contribution in [0.4, 0.5) is 4.39 Å². The topological polar surface area (TPSA) is 73.2 Å². The van der Waals surface area contributed by atoms with E-state index < -0.39 is 0 Å². The number of carbonyl (C=O) groups excluding carboxylic acids is 1. The van der Waals surface area contributed by atoms with Crippen LogP contribution in [0.15, 0.2) is 53.3 Å². The summed E-state index contributed by atoms with van der Waals surface area (Å²) >= 11 is 0. The van der Waals surface area contributed by atoms with Gasteiger partial charge in [-0.3, -0.25) is 9.59 Å². The Morgan fingerprint density at radius 2 is 1.83 bits per heavy atom. The first-order valence-electron chi connectivity index (χ1n) is 9.76. The monoisotopic (exact) mass is 397 g/mol. The maximum atomic E-state index is 12.9. The molecule has 2 aromatic carbocycles. The number of ether oxygens (including phenoxy) is 1. The summed E-state index contributed by atoms with van der Waals surface area (Å²) in [6.45, 7) is 3.36. The standard InChI is InChI=1S/C22H24FN3O3/c1-2-14-26-22(28)19-8-4-3-7-18(19)20(25-26)21(27)24-13-5-6-15-29-17-11-9-16(23)10-12-17/h3-4,7-12H,2,5-6,13-15H2,1H3,(H,24,27). The van der Waals surface area contributed by atoms with Gasteiger partial charge in [0.2, 0.25) is 0 Å². The largest absolute Gasteiger partial charge is 0.494 e. The van der Waals surface area contributed by atoms with E-state index >= 15 is 0 Å². The van der Waals surface area contributed by atoms with E-state index in [1.54, 1.807) is 36.4 Å². The van der Waals surface area contributed by atoms with Gasteiger partial charge in [0, 0.05) is 18.5 Å². The van der Waals surface area contributed by atoms with Crippen LogP contribution in [0.25, 0.3) is 10.8 Å². The van der Waals surface area contributed by atoms with Crippen LogP contribution in [0.5, 0.6) is 5.75 Å². The summed E-state index contributed by atoms with van der Waals surface area (Å²) in [7, 11) is 0. The van der Waals surface area contributed by atoms with Crippen molar-refractivity contribution in [2.75, 3.05) is 13.2 Å². The number of carbonyl (C=O) groups is 1. The smallest absolute Gasteiger partial charge is 0.274 e. The fourth-order valence-corrected chi connectivity index (χ4v) is 3.00. The van der Waals surface area contributed by atoms with Gasteiger partial charge in [-0.15, -0.1) is 0 Å². The van der Waals surface area contributed by atoms with Gasteiger partial charge >= 0.3 is 0 Å². The van der Waals surface area contributed by atoms with E-state index in [2.05, 4.69) is 10.4 Å². The molecule has 3 aromatic rings. The minimum atomic E-state index is -0.300. The van der Waals surface area contributed by atoms with Crippen LogP contribution in [-0.2, 0) is 6.54 Å². The van der Waals surface area contributed by atoms with Gasteiger partial charge < -0.3 is 10.1 Å². The molecule has 0 spiro atoms. The molecule has 152 valence electrons. The second-order valence-corrected chi connectivity index (χ2v) is 6.69. The summed E-state index contributed by atoms with van der Waals surface area (Å²) in [6, 6.07) is 12.9. The first-order chi connectivity index (χ1) is 14.1. The van der Waals surface area contributed by atoms with Gasteiger partial charge in [0.15, 0.2) is 5.69 Å². The molecule has 0 aliphatic rings. The zero-order valence-electron chi connectivity index (χ0n) is 16.4. The lowest BCUT2D eigenvalue weighted by Crippen LogP contribution is -2.31. The van der Waals surface area contributed by atoms with Crippen molar-refractivity contribution >= 4 is 16.7 Å². The molecule has 7 heteroatoms. The van der Waals surface area contributed by atoms with Gasteiger partial charge in [0.1, 0.15) is 11.6 Å². The van der Waals surface area contributed by atoms with Crippen molar-refractivity contribution in [1.82, 2.24) is 15.1 Å². The van der Waals surface area contributed by atoms with Crippen molar-refractivity contribution in [2.24, 2.45) is 0 Å². The predicted octanol–water partition coefficient (Wildman–Crippen LogP) is 3.53. The number of rotatable bonds is 9. The van der Waals surface area contributed by atoms with E-state index in [4.69, 9.17) is 4.74 Å². The van der Waals surface area contributed by atoms with Crippen LogP contribution in [0.3, 0.4) is 0 Å². The molecule has 1 heterocycles. The molecule has 1 aromatic heterocycles. The Balaban J connectivity index is 1.56. The van der Waals surface area contributed by atoms with E-state index in [0.29, 0.717) is 36.2 Å². The highest BCUT2D eigenvalue weighted by Crippen LogP contribution is 2.14. The second kappa shape index (κ2) is 9.82. The molecule has 0 fully saturated rings. The molecular formula is C22H24FN3O3. The van der Waals surface area contributed by atoms with Crippen LogP contribution in [0.2, 0.25) is 0 Å². The van der Waals surface area contributed by atoms with Crippen molar-refractivity contribution < 1.29 is 13.9 Å². The van der Waals surface area contributed by atoms with E-state index in [1.165, 1.54) is 16.8 Å². The van der Waals surface area contributed by atoms with Crippen molar-refractivity contribution in [3.63, 3.8) is 0 Å². The molecule has 0 saturated heterocycles. The fourth-order valence-electron chi connectivity index (χ4n) is 3.00. The molecule has 29 heavy (non-hydrogen) atoms. The summed E-state index contributed by atoms with van der Waals surface area (Å²) in [5, 5.41) is 8.20. The van der Waals surface area contributed by atoms with Gasteiger partial charge in [-0.25, -0.2) is 9.07 Å². The maximum Gasteiger partial charge on any atom is 0.274 e. The highest BCUT2D eigenvalue weighted by atomic mass is 19.1. The van der Waals surface area contributed by atoms with Crippen LogP contribution >= 0.6 is 0 Å². The SMILES string of the molecule is CCCn1nc(C(=O)NCCCCOc2ccc(F)cc2)c2ccccc2c1=O. The second-order valence-electron chi connectivity index (χ2n) is 6.69. The number of hydrogen-bond donors (Lipinski definition) is 1. The molecule has 0 unspecified atom stereocenters. The average molecular weight is 397 g/mol. The number of hydrogen-bond acceptors (Lipinski definition) is 4. The highest BCUT2D eigenvalue weighted by molar-refractivity contribution is 6.04. The van der Waals surface area contributed by atoms with Crippen LogP contribution in [0.1, 0.15) is 36.7 Å². The molecule has 6 nitrogen and oxygen atoms in total. The third-order valence-corrected chi connectivity index (χ3v) is 4.46. The van der Waals surface area contributed by atoms with Crippen LogP contribution in [-0.4, -0.2) is 28.8 Å². The number of aromatic nitrogens is 2. The van der Waals surface area contributed by atoms with E-state index in [-0.39, 0.29) is 23.0 Å². The summed E-state index contributed by atoms with van der Waals surface area (Å²) in [5.74, 6) is 0.0151. The molecule has 3 rings (SSSR count). The Labute approximate surface area is 168 Å². The van der Waals surface area contributed by atoms with Crippen molar-refractivity contribution in [1.29, 1.82) is 0 Å². The normalized spacial score (nSPS) is 10.8. The summed E-state index contributed by atoms with van der Waals surface area (Å²) in [5.41, 5.74) is 0.0770. The fraction of sp³-hybridized carbons (Fsp3) is 0.318. The van der Waals surface area contributed by atoms with Gasteiger partial charge in [-0.05, 0) is 49.6 Å². The molecule has 0 bridgehead atoms. The molecular weight excluding hydrogens is 373 g/mol. The van der Waals surface area contributed by atoms with E-state index in [1.807, 2.05) is 6.92 Å². The Morgan fingerprint density at radius 1 is 1.10 bits per heavy atom. The lowest BCUT2D eigenvalue weighted by molar-refractivity contribution is 0.0946. The van der Waals surface area contributed by atoms with Crippen LogP contribution in [0, 0.1) is 5.82 Å². The highest BCUT2D eigenvalue weighted by Gasteiger charge is 2.15. The molecule has 0 aliphatic carbocycles. The molecule has 1 N–H and O–H groups in total. The van der Waals surface area contributed by atoms with Crippen molar-refractivity contribution in [3.05, 3.63) is 70.4 Å². The predicted molar refractivity (Wildman–Crippen MR) is 110 cm³/mol. The number of nitrogens with one attached hydrogen (secondary N) is 1.